The van der Waals surface area contributed by atoms with Gasteiger partial charge in [-0.25, -0.2) is 0 Å². The summed E-state index contributed by atoms with van der Waals surface area (Å²) in [5.74, 6) is 2.51. The molecule has 0 spiro atoms. The van der Waals surface area contributed by atoms with Gasteiger partial charge in [-0.15, -0.1) is 24.0 Å². The van der Waals surface area contributed by atoms with Crippen molar-refractivity contribution in [2.75, 3.05) is 34.4 Å². The van der Waals surface area contributed by atoms with Crippen molar-refractivity contribution in [2.24, 2.45) is 4.99 Å². The van der Waals surface area contributed by atoms with Gasteiger partial charge in [0.05, 0.1) is 14.2 Å². The molecule has 0 aromatic heterocycles. The highest BCUT2D eigenvalue weighted by atomic mass is 127. The molecule has 1 aliphatic carbocycles. The largest absolute Gasteiger partial charge is 0.493 e. The highest BCUT2D eigenvalue weighted by Gasteiger charge is 2.22. The number of ether oxygens (including phenoxy) is 2. The number of aliphatic imine (C=N–C) groups is 1. The van der Waals surface area contributed by atoms with Crippen molar-refractivity contribution in [2.45, 2.75) is 57.5 Å². The Morgan fingerprint density at radius 1 is 1.17 bits per heavy atom. The van der Waals surface area contributed by atoms with Crippen LogP contribution in [0.1, 0.15) is 49.7 Å². The molecule has 1 aromatic carbocycles. The van der Waals surface area contributed by atoms with Crippen molar-refractivity contribution in [3.8, 4) is 11.5 Å². The summed E-state index contributed by atoms with van der Waals surface area (Å²) in [6.45, 7) is 2.13. The van der Waals surface area contributed by atoms with E-state index in [-0.39, 0.29) is 29.9 Å². The molecule has 0 unspecified atom stereocenters. The SMILES string of the molecule is CN=C(NCCCC(=O)N1CCc2cc(OC)c(OC)cc2C1)NC1CCCC1.I. The summed E-state index contributed by atoms with van der Waals surface area (Å²) in [5, 5.41) is 6.81. The zero-order valence-corrected chi connectivity index (χ0v) is 20.7. The van der Waals surface area contributed by atoms with Gasteiger partial charge in [0.2, 0.25) is 5.91 Å². The second kappa shape index (κ2) is 12.2. The van der Waals surface area contributed by atoms with Gasteiger partial charge in [-0.05, 0) is 48.9 Å². The van der Waals surface area contributed by atoms with E-state index in [9.17, 15) is 4.79 Å². The number of halogens is 1. The number of nitrogens with one attached hydrogen (secondary N) is 2. The Hall–Kier alpha value is -1.71. The predicted molar refractivity (Wildman–Crippen MR) is 130 cm³/mol. The van der Waals surface area contributed by atoms with Crippen LogP contribution in [0.25, 0.3) is 0 Å². The van der Waals surface area contributed by atoms with Gasteiger partial charge in [0.15, 0.2) is 17.5 Å². The van der Waals surface area contributed by atoms with Gasteiger partial charge in [-0.1, -0.05) is 12.8 Å². The van der Waals surface area contributed by atoms with Crippen LogP contribution in [0.5, 0.6) is 11.5 Å². The Bertz CT molecular complexity index is 735. The second-order valence-electron chi connectivity index (χ2n) is 7.77. The molecule has 3 rings (SSSR count). The minimum Gasteiger partial charge on any atom is -0.493 e. The summed E-state index contributed by atoms with van der Waals surface area (Å²) in [6, 6.07) is 4.56. The summed E-state index contributed by atoms with van der Waals surface area (Å²) >= 11 is 0. The Labute approximate surface area is 197 Å². The molecule has 0 bridgehead atoms. The average Bonchev–Trinajstić information content (AvgIpc) is 3.27. The maximum Gasteiger partial charge on any atom is 0.222 e. The first kappa shape index (κ1) is 24.6. The number of fused-ring (bicyclic) bond motifs is 1. The lowest BCUT2D eigenvalue weighted by molar-refractivity contribution is -0.132. The fourth-order valence-electron chi connectivity index (χ4n) is 4.16. The van der Waals surface area contributed by atoms with E-state index in [1.165, 1.54) is 31.2 Å². The lowest BCUT2D eigenvalue weighted by Gasteiger charge is -2.29. The zero-order chi connectivity index (χ0) is 20.6. The average molecular weight is 530 g/mol. The highest BCUT2D eigenvalue weighted by Crippen LogP contribution is 2.33. The molecule has 2 aliphatic rings. The molecule has 1 heterocycles. The fraction of sp³-hybridized carbons (Fsp3) is 0.636. The lowest BCUT2D eigenvalue weighted by Crippen LogP contribution is -2.43. The van der Waals surface area contributed by atoms with E-state index in [2.05, 4.69) is 15.6 Å². The van der Waals surface area contributed by atoms with Gasteiger partial charge in [0.1, 0.15) is 0 Å². The van der Waals surface area contributed by atoms with Crippen molar-refractivity contribution in [3.05, 3.63) is 23.3 Å². The monoisotopic (exact) mass is 530 g/mol. The Morgan fingerprint density at radius 3 is 2.47 bits per heavy atom. The van der Waals surface area contributed by atoms with Crippen LogP contribution in [0.2, 0.25) is 0 Å². The number of carbonyl (C=O) groups excluding carboxylic acids is 1. The number of hydrogen-bond donors (Lipinski definition) is 2. The van der Waals surface area contributed by atoms with Gasteiger partial charge in [-0.3, -0.25) is 9.79 Å². The number of carbonyl (C=O) groups is 1. The lowest BCUT2D eigenvalue weighted by atomic mass is 9.98. The standard InChI is InChI=1S/C22H34N4O3.HI/c1-23-22(25-18-7-4-5-8-18)24-11-6-9-21(27)26-12-10-16-13-19(28-2)20(29-3)14-17(16)15-26;/h13-14,18H,4-12,15H2,1-3H3,(H2,23,24,25);1H. The van der Waals surface area contributed by atoms with Crippen molar-refractivity contribution >= 4 is 35.8 Å². The molecular weight excluding hydrogens is 495 g/mol. The number of hydrogen-bond acceptors (Lipinski definition) is 4. The summed E-state index contributed by atoms with van der Waals surface area (Å²) in [5.41, 5.74) is 2.37. The maximum absolute atomic E-state index is 12.7. The number of amides is 1. The molecular formula is C22H35IN4O3. The molecule has 2 N–H and O–H groups in total. The minimum atomic E-state index is 0. The molecule has 0 radical (unpaired) electrons. The van der Waals surface area contributed by atoms with Crippen LogP contribution in [0.15, 0.2) is 17.1 Å². The van der Waals surface area contributed by atoms with Crippen molar-refractivity contribution < 1.29 is 14.3 Å². The van der Waals surface area contributed by atoms with Crippen LogP contribution in [-0.2, 0) is 17.8 Å². The number of guanidine groups is 1. The van der Waals surface area contributed by atoms with Crippen LogP contribution in [0.4, 0.5) is 0 Å². The molecule has 30 heavy (non-hydrogen) atoms. The topological polar surface area (TPSA) is 75.2 Å². The second-order valence-corrected chi connectivity index (χ2v) is 7.77. The number of nitrogens with zero attached hydrogens (tertiary/aromatic N) is 2. The van der Waals surface area contributed by atoms with Crippen molar-refractivity contribution in [1.29, 1.82) is 0 Å². The van der Waals surface area contributed by atoms with Gasteiger partial charge in [-0.2, -0.15) is 0 Å². The number of methoxy groups -OCH3 is 2. The third kappa shape index (κ3) is 6.39. The Kier molecular flexibility index (Phi) is 10.0. The molecule has 1 aliphatic heterocycles. The summed E-state index contributed by atoms with van der Waals surface area (Å²) in [4.78, 5) is 18.9. The number of rotatable bonds is 7. The molecule has 1 amide bonds. The molecule has 7 nitrogen and oxygen atoms in total. The van der Waals surface area contributed by atoms with Gasteiger partial charge in [0, 0.05) is 39.1 Å². The Balaban J connectivity index is 0.00000320. The van der Waals surface area contributed by atoms with Crippen LogP contribution < -0.4 is 20.1 Å². The van der Waals surface area contributed by atoms with Crippen molar-refractivity contribution in [3.63, 3.8) is 0 Å². The van der Waals surface area contributed by atoms with Gasteiger partial charge < -0.3 is 25.0 Å². The fourth-order valence-corrected chi connectivity index (χ4v) is 4.16. The smallest absolute Gasteiger partial charge is 0.222 e. The predicted octanol–water partition coefficient (Wildman–Crippen LogP) is 3.09. The van der Waals surface area contributed by atoms with Crippen LogP contribution in [-0.4, -0.2) is 57.2 Å². The van der Waals surface area contributed by atoms with E-state index in [4.69, 9.17) is 9.47 Å². The Morgan fingerprint density at radius 2 is 1.83 bits per heavy atom. The van der Waals surface area contributed by atoms with E-state index in [1.807, 2.05) is 17.0 Å². The molecule has 1 saturated carbocycles. The quantitative estimate of drug-likeness (QED) is 0.245. The van der Waals surface area contributed by atoms with Gasteiger partial charge >= 0.3 is 0 Å². The first-order valence-corrected chi connectivity index (χ1v) is 10.6. The zero-order valence-electron chi connectivity index (χ0n) is 18.3. The van der Waals surface area contributed by atoms with Crippen molar-refractivity contribution in [1.82, 2.24) is 15.5 Å². The molecule has 1 fully saturated rings. The molecule has 0 saturated heterocycles. The van der Waals surface area contributed by atoms with Crippen LogP contribution >= 0.6 is 24.0 Å². The van der Waals surface area contributed by atoms with Gasteiger partial charge in [0.25, 0.3) is 0 Å². The van der Waals surface area contributed by atoms with E-state index in [1.54, 1.807) is 21.3 Å². The summed E-state index contributed by atoms with van der Waals surface area (Å²) in [7, 11) is 5.08. The molecule has 1 aromatic rings. The molecule has 168 valence electrons. The third-order valence-corrected chi connectivity index (χ3v) is 5.85. The first-order valence-electron chi connectivity index (χ1n) is 10.6. The van der Waals surface area contributed by atoms with Crippen LogP contribution in [0.3, 0.4) is 0 Å². The normalized spacial score (nSPS) is 16.5. The van der Waals surface area contributed by atoms with Crippen LogP contribution in [0, 0.1) is 0 Å². The van der Waals surface area contributed by atoms with E-state index in [0.29, 0.717) is 24.8 Å². The third-order valence-electron chi connectivity index (χ3n) is 5.85. The summed E-state index contributed by atoms with van der Waals surface area (Å²) < 4.78 is 10.8. The molecule has 0 atom stereocenters. The summed E-state index contributed by atoms with van der Waals surface area (Å²) in [6.07, 6.45) is 7.19. The minimum absolute atomic E-state index is 0. The van der Waals surface area contributed by atoms with E-state index >= 15 is 0 Å². The van der Waals surface area contributed by atoms with E-state index < -0.39 is 0 Å². The van der Waals surface area contributed by atoms with E-state index in [0.717, 1.165) is 43.2 Å². The first-order chi connectivity index (χ1) is 14.1. The molecule has 8 heteroatoms. The number of benzene rings is 1. The highest BCUT2D eigenvalue weighted by molar-refractivity contribution is 14.0. The maximum atomic E-state index is 12.7.